The lowest BCUT2D eigenvalue weighted by Crippen LogP contribution is -2.09. The summed E-state index contributed by atoms with van der Waals surface area (Å²) in [7, 11) is 0. The van der Waals surface area contributed by atoms with Crippen molar-refractivity contribution >= 4 is 11.8 Å². The van der Waals surface area contributed by atoms with Gasteiger partial charge in [0.1, 0.15) is 5.82 Å². The summed E-state index contributed by atoms with van der Waals surface area (Å²) in [5.74, 6) is 0.273. The number of carbonyl (C=O) groups excluding carboxylic acids is 1. The Bertz CT molecular complexity index is 1020. The maximum Gasteiger partial charge on any atom is 0.336 e. The second-order valence-corrected chi connectivity index (χ2v) is 7.08. The molecule has 29 heavy (non-hydrogen) atoms. The number of rotatable bonds is 8. The quantitative estimate of drug-likeness (QED) is 0.558. The van der Waals surface area contributed by atoms with Crippen molar-refractivity contribution in [1.82, 2.24) is 14.8 Å². The minimum atomic E-state index is -0.946. The molecule has 1 atom stereocenters. The van der Waals surface area contributed by atoms with Crippen LogP contribution in [-0.4, -0.2) is 31.6 Å². The summed E-state index contributed by atoms with van der Waals surface area (Å²) in [5.41, 5.74) is 2.81. The maximum atomic E-state index is 12.0. The predicted molar refractivity (Wildman–Crippen MR) is 111 cm³/mol. The molecule has 0 aliphatic heterocycles. The van der Waals surface area contributed by atoms with Crippen LogP contribution in [0.2, 0.25) is 0 Å². The number of ketones is 1. The Morgan fingerprint density at radius 1 is 1.07 bits per heavy atom. The number of aromatic carboxylic acids is 1. The molecule has 0 aliphatic rings. The van der Waals surface area contributed by atoms with E-state index < -0.39 is 5.97 Å². The van der Waals surface area contributed by atoms with E-state index in [1.807, 2.05) is 30.3 Å². The van der Waals surface area contributed by atoms with Crippen LogP contribution in [0.5, 0.6) is 0 Å². The van der Waals surface area contributed by atoms with Crippen LogP contribution in [-0.2, 0) is 6.54 Å². The Balaban J connectivity index is 1.90. The van der Waals surface area contributed by atoms with Crippen LogP contribution >= 0.6 is 0 Å². The van der Waals surface area contributed by atoms with Crippen LogP contribution in [0.4, 0.5) is 0 Å². The first-order chi connectivity index (χ1) is 13.9. The highest BCUT2D eigenvalue weighted by molar-refractivity contribution is 5.96. The van der Waals surface area contributed by atoms with Crippen LogP contribution in [0.1, 0.15) is 71.9 Å². The molecule has 0 bridgehead atoms. The molecule has 1 heterocycles. The molecular formula is C23H25N3O3. The van der Waals surface area contributed by atoms with E-state index in [0.717, 1.165) is 23.4 Å². The fourth-order valence-electron chi connectivity index (χ4n) is 3.18. The van der Waals surface area contributed by atoms with E-state index in [4.69, 9.17) is 0 Å². The number of aromatic nitrogens is 3. The number of carboxylic acids is 1. The number of carboxylic acid groups (broad SMARTS) is 1. The normalized spacial score (nSPS) is 12.0. The number of hydrogen-bond donors (Lipinski definition) is 1. The molecule has 0 amide bonds. The van der Waals surface area contributed by atoms with Gasteiger partial charge in [-0.05, 0) is 29.2 Å². The van der Waals surface area contributed by atoms with Gasteiger partial charge >= 0.3 is 5.97 Å². The third-order valence-electron chi connectivity index (χ3n) is 5.08. The number of benzene rings is 2. The van der Waals surface area contributed by atoms with Gasteiger partial charge in [-0.2, -0.15) is 0 Å². The Morgan fingerprint density at radius 2 is 1.76 bits per heavy atom. The van der Waals surface area contributed by atoms with E-state index in [0.29, 0.717) is 18.5 Å². The molecule has 3 aromatic rings. The summed E-state index contributed by atoms with van der Waals surface area (Å²) in [6, 6.07) is 14.7. The summed E-state index contributed by atoms with van der Waals surface area (Å²) in [6.07, 6.45) is 1.28. The Kier molecular flexibility index (Phi) is 6.22. The summed E-state index contributed by atoms with van der Waals surface area (Å²) in [4.78, 5) is 28.0. The highest BCUT2D eigenvalue weighted by Crippen LogP contribution is 2.25. The van der Waals surface area contributed by atoms with Crippen LogP contribution < -0.4 is 0 Å². The van der Waals surface area contributed by atoms with Gasteiger partial charge in [0.15, 0.2) is 0 Å². The van der Waals surface area contributed by atoms with E-state index in [1.165, 1.54) is 0 Å². The lowest BCUT2D eigenvalue weighted by atomic mass is 9.99. The van der Waals surface area contributed by atoms with Gasteiger partial charge in [0.25, 0.3) is 0 Å². The van der Waals surface area contributed by atoms with Gasteiger partial charge in [-0.3, -0.25) is 4.79 Å². The number of hydrogen-bond acceptors (Lipinski definition) is 4. The molecule has 2 aromatic carbocycles. The van der Waals surface area contributed by atoms with Crippen molar-refractivity contribution in [3.63, 3.8) is 0 Å². The van der Waals surface area contributed by atoms with Gasteiger partial charge in [0, 0.05) is 12.3 Å². The number of carbonyl (C=O) groups is 2. The molecule has 1 N–H and O–H groups in total. The first-order valence-electron chi connectivity index (χ1n) is 9.84. The largest absolute Gasteiger partial charge is 0.478 e. The van der Waals surface area contributed by atoms with Crippen LogP contribution in [0.25, 0.3) is 11.1 Å². The van der Waals surface area contributed by atoms with E-state index in [-0.39, 0.29) is 23.1 Å². The zero-order valence-electron chi connectivity index (χ0n) is 16.9. The van der Waals surface area contributed by atoms with Gasteiger partial charge in [0.05, 0.1) is 12.1 Å². The van der Waals surface area contributed by atoms with Gasteiger partial charge in [-0.15, -0.1) is 5.10 Å². The van der Waals surface area contributed by atoms with Crippen molar-refractivity contribution in [1.29, 1.82) is 0 Å². The second kappa shape index (κ2) is 8.82. The summed E-state index contributed by atoms with van der Waals surface area (Å²) >= 11 is 0. The van der Waals surface area contributed by atoms with Crippen LogP contribution in [0.3, 0.4) is 0 Å². The molecule has 0 spiro atoms. The van der Waals surface area contributed by atoms with Crippen molar-refractivity contribution in [2.45, 2.75) is 46.1 Å². The van der Waals surface area contributed by atoms with Crippen LogP contribution in [0, 0.1) is 0 Å². The van der Waals surface area contributed by atoms with E-state index >= 15 is 0 Å². The van der Waals surface area contributed by atoms with E-state index in [9.17, 15) is 14.7 Å². The molecule has 0 saturated carbocycles. The lowest BCUT2D eigenvalue weighted by Gasteiger charge is -2.11. The Morgan fingerprint density at radius 3 is 2.38 bits per heavy atom. The van der Waals surface area contributed by atoms with E-state index in [1.54, 1.807) is 29.8 Å². The summed E-state index contributed by atoms with van der Waals surface area (Å²) in [6.45, 7) is 6.47. The molecule has 0 fully saturated rings. The smallest absolute Gasteiger partial charge is 0.336 e. The predicted octanol–water partition coefficient (Wildman–Crippen LogP) is 4.80. The molecule has 1 unspecified atom stereocenters. The molecule has 6 nitrogen and oxygen atoms in total. The standard InChI is InChI=1S/C23H25N3O3/c1-4-15(3)22-24-21(20(27)5-2)25-26(22)14-16-10-12-17(13-11-16)18-8-6-7-9-19(18)23(28)29/h6-13,15H,4-5,14H2,1-3H3,(H,28,29). The highest BCUT2D eigenvalue weighted by atomic mass is 16.4. The SMILES string of the molecule is CCC(=O)c1nc(C(C)CC)n(Cc2ccc(-c3ccccc3C(=O)O)cc2)n1. The Labute approximate surface area is 170 Å². The average molecular weight is 391 g/mol. The first kappa shape index (κ1) is 20.5. The van der Waals surface area contributed by atoms with Crippen molar-refractivity contribution in [2.24, 2.45) is 0 Å². The fourth-order valence-corrected chi connectivity index (χ4v) is 3.18. The molecule has 1 aromatic heterocycles. The monoisotopic (exact) mass is 391 g/mol. The molecule has 150 valence electrons. The number of nitrogens with zero attached hydrogens (tertiary/aromatic N) is 3. The minimum Gasteiger partial charge on any atom is -0.478 e. The van der Waals surface area contributed by atoms with Gasteiger partial charge in [-0.25, -0.2) is 14.5 Å². The molecular weight excluding hydrogens is 366 g/mol. The zero-order valence-corrected chi connectivity index (χ0v) is 16.9. The minimum absolute atomic E-state index is 0.0612. The van der Waals surface area contributed by atoms with Crippen molar-refractivity contribution < 1.29 is 14.7 Å². The molecule has 6 heteroatoms. The average Bonchev–Trinajstić information content (AvgIpc) is 3.17. The molecule has 3 rings (SSSR count). The number of Topliss-reactive ketones (excluding diaryl/α,β-unsaturated/α-hetero) is 1. The molecule has 0 saturated heterocycles. The third-order valence-corrected chi connectivity index (χ3v) is 5.08. The van der Waals surface area contributed by atoms with E-state index in [2.05, 4.69) is 23.9 Å². The summed E-state index contributed by atoms with van der Waals surface area (Å²) < 4.78 is 1.80. The maximum absolute atomic E-state index is 12.0. The lowest BCUT2D eigenvalue weighted by molar-refractivity contribution is 0.0697. The third kappa shape index (κ3) is 4.42. The zero-order chi connectivity index (χ0) is 21.0. The second-order valence-electron chi connectivity index (χ2n) is 7.08. The van der Waals surface area contributed by atoms with Crippen molar-refractivity contribution in [3.8, 4) is 11.1 Å². The highest BCUT2D eigenvalue weighted by Gasteiger charge is 2.19. The van der Waals surface area contributed by atoms with Gasteiger partial charge in [-0.1, -0.05) is 63.2 Å². The molecule has 0 aliphatic carbocycles. The van der Waals surface area contributed by atoms with Crippen LogP contribution in [0.15, 0.2) is 48.5 Å². The van der Waals surface area contributed by atoms with Crippen molar-refractivity contribution in [3.05, 3.63) is 71.3 Å². The van der Waals surface area contributed by atoms with Crippen molar-refractivity contribution in [2.75, 3.05) is 0 Å². The van der Waals surface area contributed by atoms with Gasteiger partial charge < -0.3 is 5.11 Å². The molecule has 0 radical (unpaired) electrons. The summed E-state index contributed by atoms with van der Waals surface area (Å²) in [5, 5.41) is 13.8. The topological polar surface area (TPSA) is 85.1 Å². The fraction of sp³-hybridized carbons (Fsp3) is 0.304. The Hall–Kier alpha value is -3.28. The van der Waals surface area contributed by atoms with Gasteiger partial charge in [0.2, 0.25) is 11.6 Å². The first-order valence-corrected chi connectivity index (χ1v) is 9.84.